The van der Waals surface area contributed by atoms with Gasteiger partial charge in [0.05, 0.1) is 17.9 Å². The standard InChI is InChI=1S/C23H34FN5O2/c1-16(29-14-17(2)31-18(3)15-29)13-25-23(30)28(4)10-6-9-21-12-22(27-26-21)19-7-5-8-20(24)11-19/h5,7-8,11-12,16-18H,6,9-10,13-15H2,1-4H3,(H,25,30)(H,26,27)/t16-,17+,18+/m0/s1. The number of amides is 2. The Morgan fingerprint density at radius 1 is 1.35 bits per heavy atom. The molecule has 0 aliphatic carbocycles. The number of ether oxygens (including phenoxy) is 1. The zero-order valence-electron chi connectivity index (χ0n) is 18.9. The van der Waals surface area contributed by atoms with E-state index in [0.29, 0.717) is 13.1 Å². The van der Waals surface area contributed by atoms with E-state index in [-0.39, 0.29) is 30.1 Å². The van der Waals surface area contributed by atoms with E-state index < -0.39 is 0 Å². The lowest BCUT2D eigenvalue weighted by molar-refractivity contribution is -0.0778. The lowest BCUT2D eigenvalue weighted by atomic mass is 10.1. The van der Waals surface area contributed by atoms with Crippen LogP contribution >= 0.6 is 0 Å². The van der Waals surface area contributed by atoms with Crippen LogP contribution in [0.15, 0.2) is 30.3 Å². The number of nitrogens with one attached hydrogen (secondary N) is 2. The van der Waals surface area contributed by atoms with Gasteiger partial charge < -0.3 is 15.0 Å². The summed E-state index contributed by atoms with van der Waals surface area (Å²) in [6.45, 7) is 9.34. The highest BCUT2D eigenvalue weighted by atomic mass is 19.1. The maximum absolute atomic E-state index is 13.4. The maximum Gasteiger partial charge on any atom is 0.317 e. The number of hydrogen-bond acceptors (Lipinski definition) is 4. The summed E-state index contributed by atoms with van der Waals surface area (Å²) in [7, 11) is 1.81. The molecule has 1 aliphatic heterocycles. The molecule has 0 bridgehead atoms. The van der Waals surface area contributed by atoms with Gasteiger partial charge in [-0.1, -0.05) is 12.1 Å². The second-order valence-electron chi connectivity index (χ2n) is 8.56. The number of carbonyl (C=O) groups excluding carboxylic acids is 1. The number of halogens is 1. The molecule has 3 atom stereocenters. The van der Waals surface area contributed by atoms with E-state index >= 15 is 0 Å². The Hall–Kier alpha value is -2.45. The number of urea groups is 1. The smallest absolute Gasteiger partial charge is 0.317 e. The Morgan fingerprint density at radius 3 is 2.81 bits per heavy atom. The van der Waals surface area contributed by atoms with E-state index in [1.807, 2.05) is 19.2 Å². The van der Waals surface area contributed by atoms with Gasteiger partial charge in [-0.05, 0) is 51.8 Å². The van der Waals surface area contributed by atoms with Crippen molar-refractivity contribution in [2.75, 3.05) is 33.2 Å². The van der Waals surface area contributed by atoms with Gasteiger partial charge in [-0.3, -0.25) is 10.00 Å². The molecule has 1 saturated heterocycles. The molecule has 1 aromatic heterocycles. The zero-order chi connectivity index (χ0) is 22.4. The molecule has 0 unspecified atom stereocenters. The van der Waals surface area contributed by atoms with Crippen LogP contribution in [0.1, 0.15) is 32.9 Å². The summed E-state index contributed by atoms with van der Waals surface area (Å²) in [5.74, 6) is -0.276. The van der Waals surface area contributed by atoms with Crippen LogP contribution in [0.2, 0.25) is 0 Å². The molecule has 0 radical (unpaired) electrons. The van der Waals surface area contributed by atoms with Crippen molar-refractivity contribution in [3.8, 4) is 11.3 Å². The molecule has 1 fully saturated rings. The Morgan fingerprint density at radius 2 is 2.10 bits per heavy atom. The Balaban J connectivity index is 1.38. The number of aryl methyl sites for hydroxylation is 1. The van der Waals surface area contributed by atoms with E-state index in [1.54, 1.807) is 11.0 Å². The number of rotatable bonds is 8. The first-order valence-electron chi connectivity index (χ1n) is 11.0. The molecule has 2 N–H and O–H groups in total. The molecule has 2 heterocycles. The monoisotopic (exact) mass is 431 g/mol. The average molecular weight is 432 g/mol. The summed E-state index contributed by atoms with van der Waals surface area (Å²) in [6, 6.07) is 8.52. The van der Waals surface area contributed by atoms with Crippen molar-refractivity contribution in [1.29, 1.82) is 0 Å². The Bertz CT molecular complexity index is 848. The van der Waals surface area contributed by atoms with Crippen LogP contribution in [0.3, 0.4) is 0 Å². The van der Waals surface area contributed by atoms with Crippen molar-refractivity contribution in [2.45, 2.75) is 51.9 Å². The predicted octanol–water partition coefficient (Wildman–Crippen LogP) is 3.29. The first-order valence-corrected chi connectivity index (χ1v) is 11.0. The van der Waals surface area contributed by atoms with Crippen LogP contribution in [0.25, 0.3) is 11.3 Å². The number of carbonyl (C=O) groups is 1. The highest BCUT2D eigenvalue weighted by Crippen LogP contribution is 2.19. The molecule has 8 heteroatoms. The van der Waals surface area contributed by atoms with Gasteiger partial charge in [0, 0.05) is 50.5 Å². The molecule has 170 valence electrons. The van der Waals surface area contributed by atoms with Gasteiger partial charge >= 0.3 is 6.03 Å². The third-order valence-electron chi connectivity index (χ3n) is 5.66. The summed E-state index contributed by atoms with van der Waals surface area (Å²) in [5.41, 5.74) is 2.44. The highest BCUT2D eigenvalue weighted by Gasteiger charge is 2.26. The molecule has 0 spiro atoms. The second kappa shape index (κ2) is 10.7. The zero-order valence-corrected chi connectivity index (χ0v) is 18.9. The number of morpholine rings is 1. The Kier molecular flexibility index (Phi) is 8.03. The first kappa shape index (κ1) is 23.2. The normalized spacial score (nSPS) is 20.4. The van der Waals surface area contributed by atoms with Crippen LogP contribution < -0.4 is 5.32 Å². The van der Waals surface area contributed by atoms with Crippen molar-refractivity contribution in [3.63, 3.8) is 0 Å². The third-order valence-corrected chi connectivity index (χ3v) is 5.66. The van der Waals surface area contributed by atoms with Gasteiger partial charge in [0.2, 0.25) is 0 Å². The van der Waals surface area contributed by atoms with Crippen LogP contribution in [-0.4, -0.2) is 77.5 Å². The van der Waals surface area contributed by atoms with Crippen molar-refractivity contribution in [1.82, 2.24) is 25.3 Å². The van der Waals surface area contributed by atoms with Crippen LogP contribution in [0.4, 0.5) is 9.18 Å². The largest absolute Gasteiger partial charge is 0.373 e. The highest BCUT2D eigenvalue weighted by molar-refractivity contribution is 5.73. The summed E-state index contributed by atoms with van der Waals surface area (Å²) in [6.07, 6.45) is 2.00. The second-order valence-corrected chi connectivity index (χ2v) is 8.56. The van der Waals surface area contributed by atoms with Crippen molar-refractivity contribution < 1.29 is 13.9 Å². The minimum absolute atomic E-state index is 0.0636. The molecule has 2 amide bonds. The molecule has 7 nitrogen and oxygen atoms in total. The minimum Gasteiger partial charge on any atom is -0.373 e. The van der Waals surface area contributed by atoms with E-state index in [1.165, 1.54) is 12.1 Å². The van der Waals surface area contributed by atoms with Crippen LogP contribution in [0, 0.1) is 5.82 Å². The molecular formula is C23H34FN5O2. The van der Waals surface area contributed by atoms with E-state index in [4.69, 9.17) is 4.74 Å². The van der Waals surface area contributed by atoms with Gasteiger partial charge in [0.15, 0.2) is 0 Å². The van der Waals surface area contributed by atoms with Gasteiger partial charge in [0.1, 0.15) is 5.82 Å². The molecule has 31 heavy (non-hydrogen) atoms. The van der Waals surface area contributed by atoms with E-state index in [2.05, 4.69) is 41.2 Å². The lowest BCUT2D eigenvalue weighted by Crippen LogP contribution is -2.53. The Labute approximate surface area is 183 Å². The molecule has 2 aromatic rings. The topological polar surface area (TPSA) is 73.5 Å². The first-order chi connectivity index (χ1) is 14.8. The fraction of sp³-hybridized carbons (Fsp3) is 0.565. The van der Waals surface area contributed by atoms with Crippen molar-refractivity contribution in [2.24, 2.45) is 0 Å². The van der Waals surface area contributed by atoms with Crippen molar-refractivity contribution in [3.05, 3.63) is 41.8 Å². The number of nitrogens with zero attached hydrogens (tertiary/aromatic N) is 3. The summed E-state index contributed by atoms with van der Waals surface area (Å²) in [4.78, 5) is 16.5. The lowest BCUT2D eigenvalue weighted by Gasteiger charge is -2.39. The summed E-state index contributed by atoms with van der Waals surface area (Å²) in [5, 5.41) is 10.3. The summed E-state index contributed by atoms with van der Waals surface area (Å²) < 4.78 is 19.2. The van der Waals surface area contributed by atoms with Gasteiger partial charge in [-0.25, -0.2) is 9.18 Å². The van der Waals surface area contributed by atoms with Gasteiger partial charge in [0.25, 0.3) is 0 Å². The average Bonchev–Trinajstić information content (AvgIpc) is 3.20. The fourth-order valence-electron chi connectivity index (χ4n) is 3.97. The molecule has 0 saturated carbocycles. The number of H-pyrrole nitrogens is 1. The molecule has 1 aliphatic rings. The van der Waals surface area contributed by atoms with Crippen LogP contribution in [-0.2, 0) is 11.2 Å². The number of benzene rings is 1. The van der Waals surface area contributed by atoms with Crippen LogP contribution in [0.5, 0.6) is 0 Å². The molecular weight excluding hydrogens is 397 g/mol. The summed E-state index contributed by atoms with van der Waals surface area (Å²) >= 11 is 0. The number of hydrogen-bond donors (Lipinski definition) is 2. The fourth-order valence-corrected chi connectivity index (χ4v) is 3.97. The van der Waals surface area contributed by atoms with Gasteiger partial charge in [-0.2, -0.15) is 5.10 Å². The quantitative estimate of drug-likeness (QED) is 0.673. The minimum atomic E-state index is -0.276. The van der Waals surface area contributed by atoms with E-state index in [0.717, 1.165) is 42.9 Å². The van der Waals surface area contributed by atoms with Crippen molar-refractivity contribution >= 4 is 6.03 Å². The molecule has 1 aromatic carbocycles. The number of aromatic nitrogens is 2. The predicted molar refractivity (Wildman–Crippen MR) is 119 cm³/mol. The van der Waals surface area contributed by atoms with Gasteiger partial charge in [-0.15, -0.1) is 0 Å². The third kappa shape index (κ3) is 6.77. The van der Waals surface area contributed by atoms with E-state index in [9.17, 15) is 9.18 Å². The molecule has 3 rings (SSSR count). The SMILES string of the molecule is C[C@@H]1CN([C@@H](C)CNC(=O)N(C)CCCc2cc(-c3cccc(F)c3)n[nH]2)C[C@@H](C)O1. The number of aromatic amines is 1. The maximum atomic E-state index is 13.4.